The standard InChI is InChI=1S/C15H21N3O2/c19-14-6-4-5-13(11-14)12-16-17-15(20)7-10-18-8-2-1-3-9-18/h4-6,11-12,19H,1-3,7-10H2,(H,17,20)/b16-12+. The van der Waals surface area contributed by atoms with Crippen molar-refractivity contribution in [3.8, 4) is 5.75 Å². The van der Waals surface area contributed by atoms with Crippen LogP contribution in [0.1, 0.15) is 31.2 Å². The van der Waals surface area contributed by atoms with Crippen LogP contribution in [-0.2, 0) is 4.79 Å². The first-order chi connectivity index (χ1) is 9.74. The smallest absolute Gasteiger partial charge is 0.241 e. The van der Waals surface area contributed by atoms with Crippen LogP contribution in [0.15, 0.2) is 29.4 Å². The minimum atomic E-state index is -0.0769. The summed E-state index contributed by atoms with van der Waals surface area (Å²) < 4.78 is 0. The van der Waals surface area contributed by atoms with Crippen molar-refractivity contribution in [3.63, 3.8) is 0 Å². The molecule has 1 aliphatic rings. The van der Waals surface area contributed by atoms with Crippen LogP contribution in [0, 0.1) is 0 Å². The van der Waals surface area contributed by atoms with Gasteiger partial charge in [0, 0.05) is 13.0 Å². The molecule has 0 radical (unpaired) electrons. The molecule has 1 aromatic rings. The molecule has 2 N–H and O–H groups in total. The number of hydrogen-bond acceptors (Lipinski definition) is 4. The molecule has 0 aromatic heterocycles. The van der Waals surface area contributed by atoms with Gasteiger partial charge in [0.05, 0.1) is 6.21 Å². The SMILES string of the molecule is O=C(CCN1CCCCC1)N/N=C/c1cccc(O)c1. The molecule has 5 heteroatoms. The van der Waals surface area contributed by atoms with Gasteiger partial charge < -0.3 is 10.0 Å². The van der Waals surface area contributed by atoms with E-state index in [1.807, 2.05) is 6.07 Å². The van der Waals surface area contributed by atoms with Crippen molar-refractivity contribution in [2.45, 2.75) is 25.7 Å². The summed E-state index contributed by atoms with van der Waals surface area (Å²) in [7, 11) is 0. The number of hydrogen-bond donors (Lipinski definition) is 2. The van der Waals surface area contributed by atoms with Crippen LogP contribution in [0.4, 0.5) is 0 Å². The van der Waals surface area contributed by atoms with Crippen LogP contribution in [0.25, 0.3) is 0 Å². The lowest BCUT2D eigenvalue weighted by atomic mass is 10.1. The number of benzene rings is 1. The van der Waals surface area contributed by atoms with Crippen molar-refractivity contribution in [1.29, 1.82) is 0 Å². The predicted molar refractivity (Wildman–Crippen MR) is 78.8 cm³/mol. The number of rotatable bonds is 5. The number of aromatic hydroxyl groups is 1. The maximum Gasteiger partial charge on any atom is 0.241 e. The highest BCUT2D eigenvalue weighted by Gasteiger charge is 2.11. The summed E-state index contributed by atoms with van der Waals surface area (Å²) in [5, 5.41) is 13.2. The maximum atomic E-state index is 11.6. The fourth-order valence-corrected chi connectivity index (χ4v) is 2.28. The van der Waals surface area contributed by atoms with Gasteiger partial charge in [-0.3, -0.25) is 4.79 Å². The van der Waals surface area contributed by atoms with Gasteiger partial charge >= 0.3 is 0 Å². The number of phenols is 1. The number of carbonyl (C=O) groups excluding carboxylic acids is 1. The number of hydrazone groups is 1. The molecular formula is C15H21N3O2. The van der Waals surface area contributed by atoms with Gasteiger partial charge in [0.2, 0.25) is 5.91 Å². The minimum Gasteiger partial charge on any atom is -0.508 e. The largest absolute Gasteiger partial charge is 0.508 e. The van der Waals surface area contributed by atoms with Gasteiger partial charge in [-0.05, 0) is 43.6 Å². The Labute approximate surface area is 119 Å². The van der Waals surface area contributed by atoms with Gasteiger partial charge in [-0.2, -0.15) is 5.10 Å². The second-order valence-corrected chi connectivity index (χ2v) is 5.04. The summed E-state index contributed by atoms with van der Waals surface area (Å²) in [5.41, 5.74) is 3.26. The van der Waals surface area contributed by atoms with E-state index in [2.05, 4.69) is 15.4 Å². The van der Waals surface area contributed by atoms with E-state index in [4.69, 9.17) is 0 Å². The van der Waals surface area contributed by atoms with Crippen molar-refractivity contribution in [1.82, 2.24) is 10.3 Å². The summed E-state index contributed by atoms with van der Waals surface area (Å²) in [6.07, 6.45) is 5.77. The number of piperidine rings is 1. The normalized spacial score (nSPS) is 16.4. The Hall–Kier alpha value is -1.88. The van der Waals surface area contributed by atoms with Crippen LogP contribution in [0.5, 0.6) is 5.75 Å². The molecule has 1 amide bonds. The van der Waals surface area contributed by atoms with Gasteiger partial charge in [0.1, 0.15) is 5.75 Å². The number of phenolic OH excluding ortho intramolecular Hbond substituents is 1. The highest BCUT2D eigenvalue weighted by atomic mass is 16.3. The van der Waals surface area contributed by atoms with Gasteiger partial charge in [-0.25, -0.2) is 5.43 Å². The Morgan fingerprint density at radius 1 is 1.35 bits per heavy atom. The molecule has 2 rings (SSSR count). The molecule has 0 bridgehead atoms. The molecule has 0 aliphatic carbocycles. The van der Waals surface area contributed by atoms with Crippen molar-refractivity contribution < 1.29 is 9.90 Å². The Bertz CT molecular complexity index is 468. The van der Waals surface area contributed by atoms with E-state index < -0.39 is 0 Å². The topological polar surface area (TPSA) is 64.9 Å². The second-order valence-electron chi connectivity index (χ2n) is 5.04. The molecule has 0 saturated carbocycles. The number of nitrogens with zero attached hydrogens (tertiary/aromatic N) is 2. The number of likely N-dealkylation sites (tertiary alicyclic amines) is 1. The third-order valence-corrected chi connectivity index (χ3v) is 3.38. The molecule has 0 unspecified atom stereocenters. The summed E-state index contributed by atoms with van der Waals surface area (Å²) in [6.45, 7) is 2.99. The summed E-state index contributed by atoms with van der Waals surface area (Å²) in [6, 6.07) is 6.72. The van der Waals surface area contributed by atoms with Gasteiger partial charge in [0.25, 0.3) is 0 Å². The van der Waals surface area contributed by atoms with Crippen LogP contribution in [0.2, 0.25) is 0 Å². The molecule has 1 saturated heterocycles. The molecule has 1 aliphatic heterocycles. The van der Waals surface area contributed by atoms with E-state index in [0.29, 0.717) is 6.42 Å². The zero-order chi connectivity index (χ0) is 14.2. The first-order valence-electron chi connectivity index (χ1n) is 7.07. The van der Waals surface area contributed by atoms with Crippen molar-refractivity contribution in [2.75, 3.05) is 19.6 Å². The van der Waals surface area contributed by atoms with Crippen LogP contribution >= 0.6 is 0 Å². The third kappa shape index (κ3) is 5.01. The Morgan fingerprint density at radius 3 is 2.90 bits per heavy atom. The van der Waals surface area contributed by atoms with E-state index in [-0.39, 0.29) is 11.7 Å². The summed E-state index contributed by atoms with van der Waals surface area (Å²) in [5.74, 6) is 0.109. The van der Waals surface area contributed by atoms with Crippen molar-refractivity contribution >= 4 is 12.1 Å². The number of nitrogens with one attached hydrogen (secondary N) is 1. The fraction of sp³-hybridized carbons (Fsp3) is 0.467. The molecule has 20 heavy (non-hydrogen) atoms. The van der Waals surface area contributed by atoms with Crippen molar-refractivity contribution in [2.24, 2.45) is 5.10 Å². The quantitative estimate of drug-likeness (QED) is 0.635. The molecule has 1 heterocycles. The lowest BCUT2D eigenvalue weighted by molar-refractivity contribution is -0.121. The zero-order valence-corrected chi connectivity index (χ0v) is 11.6. The third-order valence-electron chi connectivity index (χ3n) is 3.38. The van der Waals surface area contributed by atoms with E-state index in [1.54, 1.807) is 18.2 Å². The Kier molecular flexibility index (Phi) is 5.55. The van der Waals surface area contributed by atoms with Crippen molar-refractivity contribution in [3.05, 3.63) is 29.8 Å². The lowest BCUT2D eigenvalue weighted by Gasteiger charge is -2.25. The molecule has 1 fully saturated rings. The van der Waals surface area contributed by atoms with Gasteiger partial charge in [-0.1, -0.05) is 18.6 Å². The molecule has 108 valence electrons. The molecule has 0 spiro atoms. The predicted octanol–water partition coefficient (Wildman–Crippen LogP) is 1.72. The summed E-state index contributed by atoms with van der Waals surface area (Å²) >= 11 is 0. The minimum absolute atomic E-state index is 0.0769. The molecule has 1 aromatic carbocycles. The van der Waals surface area contributed by atoms with Crippen LogP contribution in [-0.4, -0.2) is 41.8 Å². The van der Waals surface area contributed by atoms with Gasteiger partial charge in [-0.15, -0.1) is 0 Å². The molecule has 5 nitrogen and oxygen atoms in total. The highest BCUT2D eigenvalue weighted by molar-refractivity contribution is 5.82. The van der Waals surface area contributed by atoms with E-state index in [0.717, 1.165) is 25.2 Å². The van der Waals surface area contributed by atoms with E-state index in [9.17, 15) is 9.90 Å². The lowest BCUT2D eigenvalue weighted by Crippen LogP contribution is -2.33. The maximum absolute atomic E-state index is 11.6. The average molecular weight is 275 g/mol. The van der Waals surface area contributed by atoms with Crippen LogP contribution < -0.4 is 5.43 Å². The fourth-order valence-electron chi connectivity index (χ4n) is 2.28. The Morgan fingerprint density at radius 2 is 2.15 bits per heavy atom. The van der Waals surface area contributed by atoms with Gasteiger partial charge in [0.15, 0.2) is 0 Å². The second kappa shape index (κ2) is 7.65. The van der Waals surface area contributed by atoms with E-state index >= 15 is 0 Å². The highest BCUT2D eigenvalue weighted by Crippen LogP contribution is 2.09. The zero-order valence-electron chi connectivity index (χ0n) is 11.6. The Balaban J connectivity index is 1.69. The molecule has 0 atom stereocenters. The first-order valence-corrected chi connectivity index (χ1v) is 7.07. The summed E-state index contributed by atoms with van der Waals surface area (Å²) in [4.78, 5) is 14.0. The number of amides is 1. The first kappa shape index (κ1) is 14.5. The van der Waals surface area contributed by atoms with E-state index in [1.165, 1.54) is 25.5 Å². The average Bonchev–Trinajstić information content (AvgIpc) is 2.46. The monoisotopic (exact) mass is 275 g/mol. The molecular weight excluding hydrogens is 254 g/mol. The number of carbonyl (C=O) groups is 1. The van der Waals surface area contributed by atoms with Crippen LogP contribution in [0.3, 0.4) is 0 Å².